The molecule has 0 amide bonds. The Kier molecular flexibility index (Phi) is 5.65. The lowest BCUT2D eigenvalue weighted by atomic mass is 10.0. The van der Waals surface area contributed by atoms with Crippen molar-refractivity contribution in [3.63, 3.8) is 0 Å². The Morgan fingerprint density at radius 3 is 2.67 bits per heavy atom. The average Bonchev–Trinajstić information content (AvgIpc) is 2.36. The molecule has 0 heterocycles. The summed E-state index contributed by atoms with van der Waals surface area (Å²) in [6.07, 6.45) is 0.639. The van der Waals surface area contributed by atoms with Crippen LogP contribution in [-0.2, 0) is 20.7 Å². The molecule has 0 saturated heterocycles. The Bertz CT molecular complexity index is 443. The van der Waals surface area contributed by atoms with Crippen molar-refractivity contribution in [3.05, 3.63) is 34.3 Å². The van der Waals surface area contributed by atoms with E-state index in [1.54, 1.807) is 19.1 Å². The normalized spacial score (nSPS) is 9.94. The molecule has 0 aliphatic carbocycles. The second kappa shape index (κ2) is 7.01. The SMILES string of the molecule is CCOC(=O)CCc1ccc(Cl)cc1C(=O)OC. The Morgan fingerprint density at radius 2 is 2.06 bits per heavy atom. The van der Waals surface area contributed by atoms with Gasteiger partial charge in [-0.1, -0.05) is 17.7 Å². The molecule has 0 unspecified atom stereocenters. The smallest absolute Gasteiger partial charge is 0.338 e. The highest BCUT2D eigenvalue weighted by atomic mass is 35.5. The van der Waals surface area contributed by atoms with E-state index in [1.165, 1.54) is 13.2 Å². The number of rotatable bonds is 5. The number of aryl methyl sites for hydroxylation is 1. The summed E-state index contributed by atoms with van der Waals surface area (Å²) in [6.45, 7) is 2.10. The number of hydrogen-bond acceptors (Lipinski definition) is 4. The minimum atomic E-state index is -0.462. The lowest BCUT2D eigenvalue weighted by Crippen LogP contribution is -2.09. The molecule has 18 heavy (non-hydrogen) atoms. The summed E-state index contributed by atoms with van der Waals surface area (Å²) in [7, 11) is 1.30. The van der Waals surface area contributed by atoms with Crippen LogP contribution in [0.2, 0.25) is 5.02 Å². The van der Waals surface area contributed by atoms with Crippen molar-refractivity contribution in [2.24, 2.45) is 0 Å². The van der Waals surface area contributed by atoms with Gasteiger partial charge < -0.3 is 9.47 Å². The summed E-state index contributed by atoms with van der Waals surface area (Å²) < 4.78 is 9.51. The van der Waals surface area contributed by atoms with Gasteiger partial charge in [0.1, 0.15) is 0 Å². The Hall–Kier alpha value is -1.55. The van der Waals surface area contributed by atoms with E-state index in [0.717, 1.165) is 5.56 Å². The van der Waals surface area contributed by atoms with E-state index in [4.69, 9.17) is 16.3 Å². The lowest BCUT2D eigenvalue weighted by molar-refractivity contribution is -0.143. The summed E-state index contributed by atoms with van der Waals surface area (Å²) in [6, 6.07) is 4.93. The van der Waals surface area contributed by atoms with Crippen molar-refractivity contribution < 1.29 is 19.1 Å². The topological polar surface area (TPSA) is 52.6 Å². The zero-order chi connectivity index (χ0) is 13.5. The minimum absolute atomic E-state index is 0.222. The average molecular weight is 271 g/mol. The highest BCUT2D eigenvalue weighted by Crippen LogP contribution is 2.18. The third-order valence-corrected chi connectivity index (χ3v) is 2.62. The number of carbonyl (C=O) groups is 2. The molecule has 0 bridgehead atoms. The van der Waals surface area contributed by atoms with Gasteiger partial charge >= 0.3 is 11.9 Å². The first-order chi connectivity index (χ1) is 8.58. The summed E-state index contributed by atoms with van der Waals surface area (Å²) in [4.78, 5) is 22.8. The summed E-state index contributed by atoms with van der Waals surface area (Å²) >= 11 is 5.83. The van der Waals surface area contributed by atoms with Gasteiger partial charge in [-0.25, -0.2) is 4.79 Å². The standard InChI is InChI=1S/C13H15ClO4/c1-3-18-12(15)7-5-9-4-6-10(14)8-11(9)13(16)17-2/h4,6,8H,3,5,7H2,1-2H3. The number of hydrogen-bond donors (Lipinski definition) is 0. The number of halogens is 1. The molecule has 1 aromatic carbocycles. The molecule has 0 atom stereocenters. The van der Waals surface area contributed by atoms with Crippen LogP contribution in [0.15, 0.2) is 18.2 Å². The number of esters is 2. The first-order valence-corrected chi connectivity index (χ1v) is 5.98. The summed E-state index contributed by atoms with van der Waals surface area (Å²) in [5, 5.41) is 0.454. The predicted octanol–water partition coefficient (Wildman–Crippen LogP) is 2.62. The van der Waals surface area contributed by atoms with Crippen LogP contribution in [0, 0.1) is 0 Å². The molecular weight excluding hydrogens is 256 g/mol. The number of benzene rings is 1. The molecule has 0 aliphatic rings. The molecule has 0 radical (unpaired) electrons. The van der Waals surface area contributed by atoms with Crippen LogP contribution < -0.4 is 0 Å². The third kappa shape index (κ3) is 4.04. The first kappa shape index (κ1) is 14.5. The first-order valence-electron chi connectivity index (χ1n) is 5.60. The fraction of sp³-hybridized carbons (Fsp3) is 0.385. The highest BCUT2D eigenvalue weighted by Gasteiger charge is 2.13. The summed E-state index contributed by atoms with van der Waals surface area (Å²) in [5.41, 5.74) is 1.11. The largest absolute Gasteiger partial charge is 0.466 e. The second-order valence-corrected chi connectivity index (χ2v) is 4.03. The second-order valence-electron chi connectivity index (χ2n) is 3.60. The van der Waals surface area contributed by atoms with Gasteiger partial charge in [-0.3, -0.25) is 4.79 Å². The van der Waals surface area contributed by atoms with E-state index >= 15 is 0 Å². The molecule has 1 rings (SSSR count). The zero-order valence-electron chi connectivity index (χ0n) is 10.4. The molecule has 0 N–H and O–H groups in total. The molecule has 0 fully saturated rings. The van der Waals surface area contributed by atoms with E-state index in [-0.39, 0.29) is 12.4 Å². The minimum Gasteiger partial charge on any atom is -0.466 e. The van der Waals surface area contributed by atoms with Crippen molar-refractivity contribution in [2.75, 3.05) is 13.7 Å². The monoisotopic (exact) mass is 270 g/mol. The maximum absolute atomic E-state index is 11.6. The molecular formula is C13H15ClO4. The van der Waals surface area contributed by atoms with Crippen LogP contribution in [0.1, 0.15) is 29.3 Å². The van der Waals surface area contributed by atoms with Crippen LogP contribution in [0.4, 0.5) is 0 Å². The van der Waals surface area contributed by atoms with E-state index in [0.29, 0.717) is 23.6 Å². The molecule has 1 aromatic rings. The van der Waals surface area contributed by atoms with E-state index in [9.17, 15) is 9.59 Å². The maximum atomic E-state index is 11.6. The quantitative estimate of drug-likeness (QED) is 0.772. The van der Waals surface area contributed by atoms with Crippen LogP contribution in [-0.4, -0.2) is 25.7 Å². The van der Waals surface area contributed by atoms with Crippen molar-refractivity contribution in [2.45, 2.75) is 19.8 Å². The van der Waals surface area contributed by atoms with Gasteiger partial charge in [-0.05, 0) is 31.0 Å². The van der Waals surface area contributed by atoms with Crippen LogP contribution in [0.3, 0.4) is 0 Å². The Morgan fingerprint density at radius 1 is 1.33 bits per heavy atom. The molecule has 98 valence electrons. The number of methoxy groups -OCH3 is 1. The van der Waals surface area contributed by atoms with Crippen LogP contribution in [0.25, 0.3) is 0 Å². The fourth-order valence-corrected chi connectivity index (χ4v) is 1.71. The molecule has 0 aromatic heterocycles. The van der Waals surface area contributed by atoms with Crippen molar-refractivity contribution in [1.29, 1.82) is 0 Å². The maximum Gasteiger partial charge on any atom is 0.338 e. The van der Waals surface area contributed by atoms with Gasteiger partial charge in [0.2, 0.25) is 0 Å². The van der Waals surface area contributed by atoms with Crippen LogP contribution >= 0.6 is 11.6 Å². The zero-order valence-corrected chi connectivity index (χ0v) is 11.1. The third-order valence-electron chi connectivity index (χ3n) is 2.38. The molecule has 0 saturated carbocycles. The van der Waals surface area contributed by atoms with Gasteiger partial charge in [-0.15, -0.1) is 0 Å². The number of ether oxygens (including phenoxy) is 2. The van der Waals surface area contributed by atoms with Crippen molar-refractivity contribution in [1.82, 2.24) is 0 Å². The van der Waals surface area contributed by atoms with Gasteiger partial charge in [0.25, 0.3) is 0 Å². The predicted molar refractivity (Wildman–Crippen MR) is 67.7 cm³/mol. The summed E-state index contributed by atoms with van der Waals surface area (Å²) in [5.74, 6) is -0.750. The van der Waals surface area contributed by atoms with Crippen molar-refractivity contribution >= 4 is 23.5 Å². The number of carbonyl (C=O) groups excluding carboxylic acids is 2. The molecule has 4 nitrogen and oxygen atoms in total. The molecule has 0 spiro atoms. The highest BCUT2D eigenvalue weighted by molar-refractivity contribution is 6.31. The molecule has 5 heteroatoms. The van der Waals surface area contributed by atoms with E-state index < -0.39 is 5.97 Å². The molecule has 0 aliphatic heterocycles. The van der Waals surface area contributed by atoms with Gasteiger partial charge in [-0.2, -0.15) is 0 Å². The Labute approximate surface area is 111 Å². The Balaban J connectivity index is 2.81. The lowest BCUT2D eigenvalue weighted by Gasteiger charge is -2.08. The fourth-order valence-electron chi connectivity index (χ4n) is 1.54. The van der Waals surface area contributed by atoms with Gasteiger partial charge in [0.05, 0.1) is 19.3 Å². The van der Waals surface area contributed by atoms with Gasteiger partial charge in [0.15, 0.2) is 0 Å². The van der Waals surface area contributed by atoms with E-state index in [2.05, 4.69) is 4.74 Å². The van der Waals surface area contributed by atoms with E-state index in [1.807, 2.05) is 0 Å². The van der Waals surface area contributed by atoms with Crippen LogP contribution in [0.5, 0.6) is 0 Å². The van der Waals surface area contributed by atoms with Crippen molar-refractivity contribution in [3.8, 4) is 0 Å². The van der Waals surface area contributed by atoms with Gasteiger partial charge in [0, 0.05) is 11.4 Å².